The number of hydrogen-bond donors (Lipinski definition) is 0. The molecule has 2 aliphatic rings. The van der Waals surface area contributed by atoms with Gasteiger partial charge in [0.2, 0.25) is 0 Å². The molecule has 0 N–H and O–H groups in total. The predicted octanol–water partition coefficient (Wildman–Crippen LogP) is 5.37. The van der Waals surface area contributed by atoms with Gasteiger partial charge in [0.25, 0.3) is 11.2 Å². The van der Waals surface area contributed by atoms with E-state index >= 15 is 0 Å². The van der Waals surface area contributed by atoms with Crippen LogP contribution in [0.1, 0.15) is 24.0 Å². The van der Waals surface area contributed by atoms with E-state index in [9.17, 15) is 35.9 Å². The Bertz CT molecular complexity index is 1220. The van der Waals surface area contributed by atoms with Gasteiger partial charge in [-0.3, -0.25) is 0 Å². The van der Waals surface area contributed by atoms with Gasteiger partial charge < -0.3 is 18.9 Å². The molecule has 39 heavy (non-hydrogen) atoms. The summed E-state index contributed by atoms with van der Waals surface area (Å²) in [5.74, 6) is -3.71. The number of halogens is 6. The molecule has 0 aliphatic heterocycles. The molecule has 6 nitrogen and oxygen atoms in total. The molecule has 4 rings (SSSR count). The van der Waals surface area contributed by atoms with Crippen molar-refractivity contribution >= 4 is 11.9 Å². The molecule has 2 aromatic carbocycles. The molecular formula is C27H24F6O6. The van der Waals surface area contributed by atoms with Crippen molar-refractivity contribution in [3.8, 4) is 0 Å². The van der Waals surface area contributed by atoms with Crippen molar-refractivity contribution in [2.45, 2.75) is 48.6 Å². The van der Waals surface area contributed by atoms with E-state index in [4.69, 9.17) is 18.9 Å². The van der Waals surface area contributed by atoms with E-state index in [0.29, 0.717) is 27.1 Å². The normalized spacial score (nSPS) is 23.1. The molecule has 1 saturated carbocycles. The molecule has 0 heterocycles. The van der Waals surface area contributed by atoms with Gasteiger partial charge in [0.1, 0.15) is 0 Å². The van der Waals surface area contributed by atoms with Gasteiger partial charge in [-0.2, -0.15) is 26.3 Å². The minimum atomic E-state index is -5.28. The van der Waals surface area contributed by atoms with Crippen LogP contribution in [0.2, 0.25) is 0 Å². The summed E-state index contributed by atoms with van der Waals surface area (Å²) in [4.78, 5) is 26.4. The lowest BCUT2D eigenvalue weighted by atomic mass is 9.92. The summed E-state index contributed by atoms with van der Waals surface area (Å²) >= 11 is 0. The average molecular weight is 558 g/mol. The summed E-state index contributed by atoms with van der Waals surface area (Å²) in [6.45, 7) is 0. The highest BCUT2D eigenvalue weighted by Crippen LogP contribution is 2.57. The molecule has 2 aliphatic carbocycles. The third-order valence-corrected chi connectivity index (χ3v) is 7.13. The van der Waals surface area contributed by atoms with Gasteiger partial charge in [0, 0.05) is 30.8 Å². The summed E-state index contributed by atoms with van der Waals surface area (Å²) in [6, 6.07) is 12.1. The predicted molar refractivity (Wildman–Crippen MR) is 123 cm³/mol. The van der Waals surface area contributed by atoms with E-state index in [1.807, 2.05) is 0 Å². The zero-order valence-corrected chi connectivity index (χ0v) is 20.7. The van der Waals surface area contributed by atoms with Gasteiger partial charge in [-0.1, -0.05) is 66.7 Å². The first-order chi connectivity index (χ1) is 18.3. The van der Waals surface area contributed by atoms with Gasteiger partial charge in [-0.05, 0) is 18.9 Å². The lowest BCUT2D eigenvalue weighted by Gasteiger charge is -2.36. The molecule has 2 unspecified atom stereocenters. The quantitative estimate of drug-likeness (QED) is 0.247. The Kier molecular flexibility index (Phi) is 7.32. The highest BCUT2D eigenvalue weighted by Gasteiger charge is 2.68. The highest BCUT2D eigenvalue weighted by molar-refractivity contribution is 5.84. The van der Waals surface area contributed by atoms with Gasteiger partial charge in [-0.25, -0.2) is 9.59 Å². The molecule has 0 aromatic heterocycles. The maximum absolute atomic E-state index is 14.4. The van der Waals surface area contributed by atoms with Crippen LogP contribution in [0.25, 0.3) is 0 Å². The van der Waals surface area contributed by atoms with Gasteiger partial charge in [0.15, 0.2) is 12.2 Å². The zero-order valence-electron chi connectivity index (χ0n) is 20.7. The third-order valence-electron chi connectivity index (χ3n) is 7.13. The minimum absolute atomic E-state index is 0.347. The minimum Gasteiger partial charge on any atom is -0.454 e. The number of carbonyl (C=O) groups is 2. The molecule has 210 valence electrons. The fourth-order valence-electron chi connectivity index (χ4n) is 4.87. The van der Waals surface area contributed by atoms with Crippen LogP contribution in [0, 0.1) is 5.41 Å². The topological polar surface area (TPSA) is 71.1 Å². The molecule has 4 atom stereocenters. The Balaban J connectivity index is 1.68. The lowest BCUT2D eigenvalue weighted by Crippen LogP contribution is -2.55. The number of hydrogen-bond acceptors (Lipinski definition) is 6. The number of rotatable bonds is 8. The van der Waals surface area contributed by atoms with E-state index in [1.165, 1.54) is 48.6 Å². The number of esters is 2. The average Bonchev–Trinajstić information content (AvgIpc) is 3.60. The van der Waals surface area contributed by atoms with Crippen LogP contribution < -0.4 is 0 Å². The Morgan fingerprint density at radius 1 is 0.718 bits per heavy atom. The SMILES string of the molecule is COC(C(=O)O[C@H]1C=CC2(CC2)[C@H]1OC(=O)C(OC)(c1ccccc1)C(F)(F)F)(c1ccccc1)C(F)(F)F. The number of methoxy groups -OCH3 is 2. The summed E-state index contributed by atoms with van der Waals surface area (Å²) < 4.78 is 106. The third kappa shape index (κ3) is 4.59. The van der Waals surface area contributed by atoms with E-state index in [1.54, 1.807) is 0 Å². The van der Waals surface area contributed by atoms with Gasteiger partial charge in [-0.15, -0.1) is 0 Å². The number of carbonyl (C=O) groups excluding carboxylic acids is 2. The maximum Gasteiger partial charge on any atom is 0.432 e. The Hall–Kier alpha value is -3.38. The molecule has 0 radical (unpaired) electrons. The summed E-state index contributed by atoms with van der Waals surface area (Å²) in [6.07, 6.45) is -10.3. The van der Waals surface area contributed by atoms with Crippen molar-refractivity contribution in [3.05, 3.63) is 83.9 Å². The van der Waals surface area contributed by atoms with E-state index in [2.05, 4.69) is 0 Å². The molecule has 2 aromatic rings. The monoisotopic (exact) mass is 558 g/mol. The highest BCUT2D eigenvalue weighted by atomic mass is 19.4. The fraction of sp³-hybridized carbons (Fsp3) is 0.407. The standard InChI is InChI=1S/C27H24F6O6/c1-36-24(26(28,29)30,17-9-5-3-6-10-17)21(34)38-19-13-14-23(15-16-23)20(19)39-22(35)25(37-2,27(31,32)33)18-11-7-4-8-12-18/h3-14,19-20H,15-16H2,1-2H3/t19-,20-,24?,25?/m0/s1. The number of alkyl halides is 6. The van der Waals surface area contributed by atoms with Crippen LogP contribution in [0.4, 0.5) is 26.3 Å². The van der Waals surface area contributed by atoms with Gasteiger partial charge in [0.05, 0.1) is 0 Å². The first kappa shape index (κ1) is 28.6. The van der Waals surface area contributed by atoms with Crippen molar-refractivity contribution in [3.63, 3.8) is 0 Å². The van der Waals surface area contributed by atoms with Crippen LogP contribution in [-0.2, 0) is 39.7 Å². The molecule has 12 heteroatoms. The number of benzene rings is 2. The van der Waals surface area contributed by atoms with Crippen LogP contribution in [0.3, 0.4) is 0 Å². The van der Waals surface area contributed by atoms with E-state index < -0.39 is 64.2 Å². The molecule has 0 amide bonds. The summed E-state index contributed by atoms with van der Waals surface area (Å²) in [7, 11) is 1.37. The van der Waals surface area contributed by atoms with E-state index in [0.717, 1.165) is 24.3 Å². The first-order valence-electron chi connectivity index (χ1n) is 11.8. The van der Waals surface area contributed by atoms with Crippen LogP contribution in [-0.4, -0.2) is 50.7 Å². The second-order valence-corrected chi connectivity index (χ2v) is 9.29. The Labute approximate surface area is 219 Å². The van der Waals surface area contributed by atoms with Crippen molar-refractivity contribution in [2.75, 3.05) is 14.2 Å². The van der Waals surface area contributed by atoms with Crippen LogP contribution >= 0.6 is 0 Å². The van der Waals surface area contributed by atoms with Crippen LogP contribution in [0.5, 0.6) is 0 Å². The second kappa shape index (κ2) is 9.98. The number of ether oxygens (including phenoxy) is 4. The molecular weight excluding hydrogens is 534 g/mol. The van der Waals surface area contributed by atoms with E-state index in [-0.39, 0.29) is 0 Å². The molecule has 1 spiro atoms. The fourth-order valence-corrected chi connectivity index (χ4v) is 4.87. The largest absolute Gasteiger partial charge is 0.454 e. The summed E-state index contributed by atoms with van der Waals surface area (Å²) in [5, 5.41) is 0. The molecule has 0 bridgehead atoms. The lowest BCUT2D eigenvalue weighted by molar-refractivity contribution is -0.285. The second-order valence-electron chi connectivity index (χ2n) is 9.29. The zero-order chi connectivity index (χ0) is 28.7. The van der Waals surface area contributed by atoms with Crippen molar-refractivity contribution < 1.29 is 54.9 Å². The Morgan fingerprint density at radius 2 is 1.13 bits per heavy atom. The van der Waals surface area contributed by atoms with Gasteiger partial charge >= 0.3 is 24.3 Å². The maximum atomic E-state index is 14.4. The summed E-state index contributed by atoms with van der Waals surface area (Å²) in [5.41, 5.74) is -9.20. The van der Waals surface area contributed by atoms with Crippen molar-refractivity contribution in [2.24, 2.45) is 5.41 Å². The molecule has 1 fully saturated rings. The van der Waals surface area contributed by atoms with Crippen molar-refractivity contribution in [1.82, 2.24) is 0 Å². The molecule has 0 saturated heterocycles. The first-order valence-corrected chi connectivity index (χ1v) is 11.8. The Morgan fingerprint density at radius 3 is 1.49 bits per heavy atom. The smallest absolute Gasteiger partial charge is 0.432 e. The van der Waals surface area contributed by atoms with Crippen molar-refractivity contribution in [1.29, 1.82) is 0 Å². The van der Waals surface area contributed by atoms with Crippen LogP contribution in [0.15, 0.2) is 72.8 Å².